The number of anilines is 2. The van der Waals surface area contributed by atoms with E-state index in [2.05, 4.69) is 26.1 Å². The summed E-state index contributed by atoms with van der Waals surface area (Å²) >= 11 is 7.28. The quantitative estimate of drug-likeness (QED) is 0.446. The molecule has 0 spiro atoms. The van der Waals surface area contributed by atoms with Crippen LogP contribution in [0.5, 0.6) is 0 Å². The van der Waals surface area contributed by atoms with E-state index in [0.29, 0.717) is 27.3 Å². The van der Waals surface area contributed by atoms with E-state index in [-0.39, 0.29) is 11.8 Å². The second-order valence-electron chi connectivity index (χ2n) is 7.24. The lowest BCUT2D eigenvalue weighted by molar-refractivity contribution is -0.119. The van der Waals surface area contributed by atoms with Gasteiger partial charge in [0.2, 0.25) is 11.0 Å². The lowest BCUT2D eigenvalue weighted by Gasteiger charge is -2.23. The second-order valence-corrected chi connectivity index (χ2v) is 8.66. The molecule has 3 rings (SSSR count). The van der Waals surface area contributed by atoms with Gasteiger partial charge in [-0.15, -0.1) is 10.2 Å². The number of rotatable bonds is 7. The Labute approximate surface area is 190 Å². The third-order valence-electron chi connectivity index (χ3n) is 4.78. The van der Waals surface area contributed by atoms with E-state index in [1.54, 1.807) is 18.2 Å². The number of carbonyl (C=O) groups is 2. The van der Waals surface area contributed by atoms with Crippen LogP contribution in [-0.2, 0) is 4.79 Å². The van der Waals surface area contributed by atoms with E-state index in [1.807, 2.05) is 51.1 Å². The Balaban J connectivity index is 1.68. The normalized spacial score (nSPS) is 12.6. The predicted octanol–water partition coefficient (Wildman–Crippen LogP) is 5.34. The molecule has 0 radical (unpaired) electrons. The summed E-state index contributed by atoms with van der Waals surface area (Å²) in [4.78, 5) is 25.4. The Morgan fingerprint density at radius 3 is 2.58 bits per heavy atom. The maximum absolute atomic E-state index is 12.9. The van der Waals surface area contributed by atoms with Crippen molar-refractivity contribution in [3.63, 3.8) is 0 Å². The number of urea groups is 1. The first kappa shape index (κ1) is 22.7. The lowest BCUT2D eigenvalue weighted by atomic mass is 9.98. The topological polar surface area (TPSA) is 96.0 Å². The van der Waals surface area contributed by atoms with Gasteiger partial charge in [-0.2, -0.15) is 0 Å². The van der Waals surface area contributed by atoms with Gasteiger partial charge in [0.05, 0.1) is 0 Å². The number of halogens is 1. The SMILES string of the molecule is CCC(C)C(NC(=O)Nc1cccc(C)c1)C(=O)Nc1nnc(-c2cccc(Cl)c2)s1. The molecule has 162 valence electrons. The van der Waals surface area contributed by atoms with Gasteiger partial charge in [0.1, 0.15) is 11.0 Å². The van der Waals surface area contributed by atoms with Gasteiger partial charge in [0.25, 0.3) is 0 Å². The summed E-state index contributed by atoms with van der Waals surface area (Å²) in [7, 11) is 0. The zero-order chi connectivity index (χ0) is 22.4. The molecular formula is C22H24ClN5O2S. The fourth-order valence-electron chi connectivity index (χ4n) is 2.93. The van der Waals surface area contributed by atoms with Crippen LogP contribution in [0.4, 0.5) is 15.6 Å². The molecule has 7 nitrogen and oxygen atoms in total. The Morgan fingerprint density at radius 1 is 1.10 bits per heavy atom. The zero-order valence-corrected chi connectivity index (χ0v) is 19.1. The number of aromatic nitrogens is 2. The largest absolute Gasteiger partial charge is 0.326 e. The fourth-order valence-corrected chi connectivity index (χ4v) is 3.86. The van der Waals surface area contributed by atoms with Gasteiger partial charge >= 0.3 is 6.03 Å². The summed E-state index contributed by atoms with van der Waals surface area (Å²) in [6.45, 7) is 5.82. The van der Waals surface area contributed by atoms with E-state index in [4.69, 9.17) is 11.6 Å². The second kappa shape index (κ2) is 10.4. The molecule has 0 bridgehead atoms. The number of hydrogen-bond acceptors (Lipinski definition) is 5. The number of benzene rings is 2. The fraction of sp³-hybridized carbons (Fsp3) is 0.273. The number of amides is 3. The van der Waals surface area contributed by atoms with E-state index in [1.165, 1.54) is 11.3 Å². The van der Waals surface area contributed by atoms with Crippen molar-refractivity contribution in [2.24, 2.45) is 5.92 Å². The summed E-state index contributed by atoms with van der Waals surface area (Å²) in [5, 5.41) is 18.1. The van der Waals surface area contributed by atoms with Crippen molar-refractivity contribution in [2.75, 3.05) is 10.6 Å². The molecule has 0 saturated heterocycles. The van der Waals surface area contributed by atoms with Gasteiger partial charge in [-0.25, -0.2) is 4.79 Å². The van der Waals surface area contributed by atoms with Crippen molar-refractivity contribution in [3.8, 4) is 10.6 Å². The summed E-state index contributed by atoms with van der Waals surface area (Å²) in [5.41, 5.74) is 2.51. The smallest absolute Gasteiger partial charge is 0.319 e. The Morgan fingerprint density at radius 2 is 1.87 bits per heavy atom. The van der Waals surface area contributed by atoms with Gasteiger partial charge in [-0.1, -0.05) is 67.5 Å². The first-order valence-corrected chi connectivity index (χ1v) is 11.1. The minimum Gasteiger partial charge on any atom is -0.326 e. The molecule has 0 aliphatic carbocycles. The van der Waals surface area contributed by atoms with Crippen LogP contribution < -0.4 is 16.0 Å². The van der Waals surface area contributed by atoms with E-state index >= 15 is 0 Å². The van der Waals surface area contributed by atoms with Crippen LogP contribution in [0.3, 0.4) is 0 Å². The van der Waals surface area contributed by atoms with Crippen LogP contribution in [-0.4, -0.2) is 28.2 Å². The number of carbonyl (C=O) groups excluding carboxylic acids is 2. The highest BCUT2D eigenvalue weighted by Crippen LogP contribution is 2.28. The highest BCUT2D eigenvalue weighted by atomic mass is 35.5. The summed E-state index contributed by atoms with van der Waals surface area (Å²) in [5.74, 6) is -0.425. The highest BCUT2D eigenvalue weighted by molar-refractivity contribution is 7.18. The number of hydrogen-bond donors (Lipinski definition) is 3. The zero-order valence-electron chi connectivity index (χ0n) is 17.5. The minimum atomic E-state index is -0.728. The van der Waals surface area contributed by atoms with Crippen molar-refractivity contribution >= 4 is 45.7 Å². The van der Waals surface area contributed by atoms with Crippen LogP contribution in [0, 0.1) is 12.8 Å². The third kappa shape index (κ3) is 6.26. The monoisotopic (exact) mass is 457 g/mol. The molecular weight excluding hydrogens is 434 g/mol. The molecule has 0 aliphatic heterocycles. The van der Waals surface area contributed by atoms with Crippen LogP contribution in [0.2, 0.25) is 5.02 Å². The number of nitrogens with zero attached hydrogens (tertiary/aromatic N) is 2. The van der Waals surface area contributed by atoms with Crippen LogP contribution >= 0.6 is 22.9 Å². The maximum Gasteiger partial charge on any atom is 0.319 e. The molecule has 2 unspecified atom stereocenters. The highest BCUT2D eigenvalue weighted by Gasteiger charge is 2.27. The molecule has 9 heteroatoms. The maximum atomic E-state index is 12.9. The van der Waals surface area contributed by atoms with E-state index < -0.39 is 12.1 Å². The molecule has 0 aliphatic rings. The van der Waals surface area contributed by atoms with Gasteiger partial charge in [0, 0.05) is 16.3 Å². The van der Waals surface area contributed by atoms with Crippen molar-refractivity contribution in [2.45, 2.75) is 33.2 Å². The first-order chi connectivity index (χ1) is 14.9. The van der Waals surface area contributed by atoms with Crippen molar-refractivity contribution in [3.05, 3.63) is 59.1 Å². The third-order valence-corrected chi connectivity index (χ3v) is 5.91. The molecule has 1 aromatic heterocycles. The Bertz CT molecular complexity index is 1070. The molecule has 3 N–H and O–H groups in total. The summed E-state index contributed by atoms with van der Waals surface area (Å²) < 4.78 is 0. The molecule has 0 saturated carbocycles. The van der Waals surface area contributed by atoms with E-state index in [0.717, 1.165) is 11.1 Å². The number of aryl methyl sites for hydroxylation is 1. The van der Waals surface area contributed by atoms with Crippen molar-refractivity contribution < 1.29 is 9.59 Å². The predicted molar refractivity (Wildman–Crippen MR) is 126 cm³/mol. The molecule has 2 aromatic carbocycles. The molecule has 31 heavy (non-hydrogen) atoms. The van der Waals surface area contributed by atoms with Crippen LogP contribution in [0.1, 0.15) is 25.8 Å². The van der Waals surface area contributed by atoms with Crippen LogP contribution in [0.25, 0.3) is 10.6 Å². The van der Waals surface area contributed by atoms with Crippen molar-refractivity contribution in [1.29, 1.82) is 0 Å². The molecule has 1 heterocycles. The van der Waals surface area contributed by atoms with E-state index in [9.17, 15) is 9.59 Å². The first-order valence-electron chi connectivity index (χ1n) is 9.90. The molecule has 2 atom stereocenters. The van der Waals surface area contributed by atoms with Gasteiger partial charge < -0.3 is 10.6 Å². The molecule has 3 aromatic rings. The number of nitrogens with one attached hydrogen (secondary N) is 3. The molecule has 0 fully saturated rings. The standard InChI is InChI=1S/C22H24ClN5O2S/c1-4-14(3)18(25-21(30)24-17-10-5-7-13(2)11-17)19(29)26-22-28-27-20(31-22)15-8-6-9-16(23)12-15/h5-12,14,18H,4H2,1-3H3,(H2,24,25,30)(H,26,28,29). The van der Waals surface area contributed by atoms with Gasteiger partial charge in [-0.05, 0) is 42.7 Å². The Hall–Kier alpha value is -2.97. The summed E-state index contributed by atoms with van der Waals surface area (Å²) in [6.07, 6.45) is 0.715. The van der Waals surface area contributed by atoms with Gasteiger partial charge in [0.15, 0.2) is 0 Å². The average molecular weight is 458 g/mol. The summed E-state index contributed by atoms with van der Waals surface area (Å²) in [6, 6.07) is 13.5. The minimum absolute atomic E-state index is 0.0800. The Kier molecular flexibility index (Phi) is 7.59. The average Bonchev–Trinajstić information content (AvgIpc) is 3.20. The van der Waals surface area contributed by atoms with Gasteiger partial charge in [-0.3, -0.25) is 10.1 Å². The van der Waals surface area contributed by atoms with Crippen molar-refractivity contribution in [1.82, 2.24) is 15.5 Å². The lowest BCUT2D eigenvalue weighted by Crippen LogP contribution is -2.49. The van der Waals surface area contributed by atoms with Crippen LogP contribution in [0.15, 0.2) is 48.5 Å². The molecule has 3 amide bonds.